The van der Waals surface area contributed by atoms with Gasteiger partial charge >= 0.3 is 5.97 Å². The minimum Gasteiger partial charge on any atom is -0.477 e. The SMILES string of the molecule is O=C(O)c1ccccn1.[Ir].[c-]1cccc2c1c1nccn1c1ccccc21. The van der Waals surface area contributed by atoms with Gasteiger partial charge in [-0.25, -0.2) is 9.78 Å². The van der Waals surface area contributed by atoms with E-state index >= 15 is 0 Å². The molecule has 27 heavy (non-hydrogen) atoms. The van der Waals surface area contributed by atoms with Crippen molar-refractivity contribution in [3.05, 3.63) is 91.0 Å². The maximum absolute atomic E-state index is 10.1. The molecule has 0 spiro atoms. The Hall–Kier alpha value is -3.08. The molecule has 1 radical (unpaired) electrons. The van der Waals surface area contributed by atoms with E-state index in [0.29, 0.717) is 0 Å². The van der Waals surface area contributed by atoms with E-state index in [4.69, 9.17) is 5.11 Å². The first kappa shape index (κ1) is 18.7. The van der Waals surface area contributed by atoms with Crippen molar-refractivity contribution in [1.29, 1.82) is 0 Å². The van der Waals surface area contributed by atoms with Crippen LogP contribution in [0.4, 0.5) is 0 Å². The predicted molar refractivity (Wildman–Crippen MR) is 100 cm³/mol. The summed E-state index contributed by atoms with van der Waals surface area (Å²) in [7, 11) is 0. The van der Waals surface area contributed by atoms with Crippen molar-refractivity contribution in [2.45, 2.75) is 0 Å². The number of hydrogen-bond acceptors (Lipinski definition) is 3. The molecule has 0 aliphatic heterocycles. The number of aromatic carboxylic acids is 1. The van der Waals surface area contributed by atoms with Crippen LogP contribution in [-0.2, 0) is 20.1 Å². The number of nitrogens with zero attached hydrogens (tertiary/aromatic N) is 3. The molecule has 2 aromatic carbocycles. The Balaban J connectivity index is 0.000000181. The van der Waals surface area contributed by atoms with Crippen LogP contribution in [0.25, 0.3) is 27.3 Å². The van der Waals surface area contributed by atoms with Gasteiger partial charge in [0.2, 0.25) is 0 Å². The Morgan fingerprint density at radius 2 is 1.70 bits per heavy atom. The van der Waals surface area contributed by atoms with E-state index in [9.17, 15) is 4.79 Å². The number of carbonyl (C=O) groups is 1. The minimum absolute atomic E-state index is 0. The van der Waals surface area contributed by atoms with E-state index in [1.165, 1.54) is 28.6 Å². The number of para-hydroxylation sites is 1. The largest absolute Gasteiger partial charge is 0.477 e. The number of carboxylic acid groups (broad SMARTS) is 1. The van der Waals surface area contributed by atoms with Gasteiger partial charge in [-0.1, -0.05) is 29.7 Å². The van der Waals surface area contributed by atoms with Crippen LogP contribution in [0.15, 0.2) is 79.3 Å². The number of rotatable bonds is 1. The van der Waals surface area contributed by atoms with Gasteiger partial charge in [-0.3, -0.25) is 4.98 Å². The van der Waals surface area contributed by atoms with E-state index in [-0.39, 0.29) is 25.8 Å². The van der Waals surface area contributed by atoms with Crippen LogP contribution < -0.4 is 0 Å². The average Bonchev–Trinajstić information content (AvgIpc) is 3.20. The maximum Gasteiger partial charge on any atom is 0.354 e. The predicted octanol–water partition coefficient (Wildman–Crippen LogP) is 4.22. The van der Waals surface area contributed by atoms with Gasteiger partial charge in [0.05, 0.1) is 5.65 Å². The average molecular weight is 533 g/mol. The summed E-state index contributed by atoms with van der Waals surface area (Å²) in [5, 5.41) is 11.9. The molecule has 0 aliphatic carbocycles. The van der Waals surface area contributed by atoms with Crippen LogP contribution in [0.2, 0.25) is 0 Å². The number of fused-ring (bicyclic) bond motifs is 6. The van der Waals surface area contributed by atoms with Gasteiger partial charge in [-0.15, -0.1) is 29.7 Å². The topological polar surface area (TPSA) is 67.5 Å². The first-order valence-corrected chi connectivity index (χ1v) is 8.04. The third-order valence-corrected chi connectivity index (χ3v) is 4.06. The van der Waals surface area contributed by atoms with Crippen LogP contribution in [-0.4, -0.2) is 25.4 Å². The zero-order chi connectivity index (χ0) is 17.9. The van der Waals surface area contributed by atoms with Crippen LogP contribution in [0.3, 0.4) is 0 Å². The molecule has 6 heteroatoms. The monoisotopic (exact) mass is 533 g/mol. The van der Waals surface area contributed by atoms with E-state index in [0.717, 1.165) is 11.0 Å². The third-order valence-electron chi connectivity index (χ3n) is 4.06. The number of hydrogen-bond donors (Lipinski definition) is 1. The second kappa shape index (κ2) is 8.08. The molecular weight excluding hydrogens is 518 g/mol. The molecular formula is C21H14IrN3O2-. The second-order valence-electron chi connectivity index (χ2n) is 5.62. The number of imidazole rings is 1. The van der Waals surface area contributed by atoms with E-state index in [1.54, 1.807) is 12.1 Å². The fourth-order valence-corrected chi connectivity index (χ4v) is 2.93. The Kier molecular flexibility index (Phi) is 5.60. The molecule has 0 amide bonds. The van der Waals surface area contributed by atoms with Crippen molar-refractivity contribution in [3.8, 4) is 0 Å². The van der Waals surface area contributed by atoms with Crippen molar-refractivity contribution in [2.75, 3.05) is 0 Å². The second-order valence-corrected chi connectivity index (χ2v) is 5.62. The maximum atomic E-state index is 10.1. The fourth-order valence-electron chi connectivity index (χ4n) is 2.93. The molecule has 1 N–H and O–H groups in total. The van der Waals surface area contributed by atoms with E-state index in [2.05, 4.69) is 50.8 Å². The van der Waals surface area contributed by atoms with Crippen molar-refractivity contribution in [2.24, 2.45) is 0 Å². The summed E-state index contributed by atoms with van der Waals surface area (Å²) in [6.07, 6.45) is 5.28. The molecule has 0 fully saturated rings. The molecule has 0 atom stereocenters. The third kappa shape index (κ3) is 3.58. The number of aromatic nitrogens is 3. The first-order valence-electron chi connectivity index (χ1n) is 8.04. The molecule has 0 aliphatic rings. The van der Waals surface area contributed by atoms with Crippen LogP contribution in [0.1, 0.15) is 10.5 Å². The van der Waals surface area contributed by atoms with Crippen LogP contribution in [0, 0.1) is 6.07 Å². The first-order chi connectivity index (χ1) is 12.8. The van der Waals surface area contributed by atoms with Gasteiger partial charge in [0.15, 0.2) is 0 Å². The van der Waals surface area contributed by atoms with Crippen molar-refractivity contribution in [3.63, 3.8) is 0 Å². The molecule has 0 saturated heterocycles. The Morgan fingerprint density at radius 3 is 2.44 bits per heavy atom. The molecule has 5 aromatic rings. The molecule has 3 aromatic heterocycles. The van der Waals surface area contributed by atoms with Crippen molar-refractivity contribution in [1.82, 2.24) is 14.4 Å². The van der Waals surface area contributed by atoms with Crippen molar-refractivity contribution >= 4 is 33.3 Å². The molecule has 5 nitrogen and oxygen atoms in total. The molecule has 135 valence electrons. The molecule has 0 bridgehead atoms. The molecule has 0 saturated carbocycles. The Morgan fingerprint density at radius 1 is 0.926 bits per heavy atom. The standard InChI is InChI=1S/C15H9N2.C6H5NO2.Ir/c1-2-7-13-11(5-1)12-6-3-4-8-14(12)17-10-9-16-15(13)17;8-6(9)5-3-1-2-4-7-5;/h1-6,8-10H;1-4H,(H,8,9);/q-1;;. The van der Waals surface area contributed by atoms with Gasteiger partial charge < -0.3 is 9.51 Å². The van der Waals surface area contributed by atoms with E-state index in [1.807, 2.05) is 24.5 Å². The van der Waals surface area contributed by atoms with E-state index < -0.39 is 5.97 Å². The summed E-state index contributed by atoms with van der Waals surface area (Å²) < 4.78 is 2.12. The minimum atomic E-state index is -0.990. The van der Waals surface area contributed by atoms with Crippen LogP contribution in [0.5, 0.6) is 0 Å². The molecule has 3 heterocycles. The van der Waals surface area contributed by atoms with Gasteiger partial charge in [-0.05, 0) is 23.6 Å². The molecule has 0 unspecified atom stereocenters. The number of pyridine rings is 2. The molecule has 5 rings (SSSR count). The summed E-state index contributed by atoms with van der Waals surface area (Å²) in [4.78, 5) is 18.1. The summed E-state index contributed by atoms with van der Waals surface area (Å²) in [6.45, 7) is 0. The Labute approximate surface area is 168 Å². The quantitative estimate of drug-likeness (QED) is 0.259. The Bertz CT molecular complexity index is 1150. The van der Waals surface area contributed by atoms with Gasteiger partial charge in [-0.2, -0.15) is 0 Å². The van der Waals surface area contributed by atoms with Crippen molar-refractivity contribution < 1.29 is 30.0 Å². The zero-order valence-electron chi connectivity index (χ0n) is 14.0. The summed E-state index contributed by atoms with van der Waals surface area (Å²) in [5.41, 5.74) is 2.24. The fraction of sp³-hybridized carbons (Fsp3) is 0. The van der Waals surface area contributed by atoms with Gasteiger partial charge in [0.25, 0.3) is 0 Å². The number of carboxylic acids is 1. The van der Waals surface area contributed by atoms with Gasteiger partial charge in [0.1, 0.15) is 5.69 Å². The normalized spacial score (nSPS) is 10.2. The summed E-state index contributed by atoms with van der Waals surface area (Å²) in [5.74, 6) is -0.990. The smallest absolute Gasteiger partial charge is 0.354 e. The number of benzene rings is 2. The van der Waals surface area contributed by atoms with Gasteiger partial charge in [0, 0.05) is 44.2 Å². The zero-order valence-corrected chi connectivity index (χ0v) is 16.4. The van der Waals surface area contributed by atoms with Crippen LogP contribution >= 0.6 is 0 Å². The summed E-state index contributed by atoms with van der Waals surface area (Å²) in [6, 6.07) is 22.5. The summed E-state index contributed by atoms with van der Waals surface area (Å²) >= 11 is 0.